The molecule has 0 saturated carbocycles. The number of hydrogen-bond donors (Lipinski definition) is 0. The molecule has 9 heteroatoms. The van der Waals surface area contributed by atoms with E-state index in [1.807, 2.05) is 26.8 Å². The van der Waals surface area contributed by atoms with Crippen LogP contribution < -0.4 is 0 Å². The van der Waals surface area contributed by atoms with Crippen molar-refractivity contribution in [2.24, 2.45) is 11.8 Å². The van der Waals surface area contributed by atoms with Gasteiger partial charge in [-0.15, -0.1) is 0 Å². The first-order chi connectivity index (χ1) is 19.3. The third-order valence-electron chi connectivity index (χ3n) is 8.20. The highest BCUT2D eigenvalue weighted by Crippen LogP contribution is 2.37. The minimum atomic E-state index is -0.605. The summed E-state index contributed by atoms with van der Waals surface area (Å²) >= 11 is 0. The average molecular weight is 551 g/mol. The van der Waals surface area contributed by atoms with Gasteiger partial charge < -0.3 is 28.1 Å². The van der Waals surface area contributed by atoms with Gasteiger partial charge in [0.15, 0.2) is 0 Å². The Bertz CT molecular complexity index is 1210. The van der Waals surface area contributed by atoms with Gasteiger partial charge >= 0.3 is 5.97 Å². The summed E-state index contributed by atoms with van der Waals surface area (Å²) in [7, 11) is 0. The quantitative estimate of drug-likeness (QED) is 0.259. The smallest absolute Gasteiger partial charge is 0.330 e. The van der Waals surface area contributed by atoms with Crippen molar-refractivity contribution in [2.45, 2.75) is 95.8 Å². The molecule has 0 spiro atoms. The Kier molecular flexibility index (Phi) is 9.01. The molecule has 4 aliphatic heterocycles. The molecule has 214 valence electrons. The van der Waals surface area contributed by atoms with Crippen LogP contribution in [0.5, 0.6) is 0 Å². The molecular weight excluding hydrogens is 512 g/mol. The molecule has 0 aliphatic carbocycles. The second-order valence-corrected chi connectivity index (χ2v) is 11.3. The summed E-state index contributed by atoms with van der Waals surface area (Å²) < 4.78 is 36.6. The van der Waals surface area contributed by atoms with Gasteiger partial charge in [-0.25, -0.2) is 9.78 Å². The lowest BCUT2D eigenvalue weighted by molar-refractivity contribution is -0.226. The van der Waals surface area contributed by atoms with Crippen LogP contribution >= 0.6 is 0 Å². The van der Waals surface area contributed by atoms with E-state index in [0.29, 0.717) is 37.5 Å². The maximum absolute atomic E-state index is 13.0. The second kappa shape index (κ2) is 12.6. The van der Waals surface area contributed by atoms with E-state index >= 15 is 0 Å². The van der Waals surface area contributed by atoms with Crippen molar-refractivity contribution in [3.8, 4) is 6.07 Å². The summed E-state index contributed by atoms with van der Waals surface area (Å²) in [6, 6.07) is 2.09. The number of esters is 1. The van der Waals surface area contributed by atoms with Gasteiger partial charge in [-0.05, 0) is 50.3 Å². The van der Waals surface area contributed by atoms with Crippen LogP contribution in [0.4, 0.5) is 0 Å². The molecule has 3 fully saturated rings. The zero-order valence-electron chi connectivity index (χ0n) is 23.4. The normalized spacial score (nSPS) is 39.0. The molecule has 9 nitrogen and oxygen atoms in total. The Labute approximate surface area is 235 Å². The molecule has 3 saturated heterocycles. The maximum atomic E-state index is 13.0. The Morgan fingerprint density at radius 1 is 1.15 bits per heavy atom. The zero-order valence-corrected chi connectivity index (χ0v) is 23.4. The number of allylic oxidation sites excluding steroid dienone is 1. The van der Waals surface area contributed by atoms with Crippen LogP contribution in [-0.4, -0.2) is 54.2 Å². The summed E-state index contributed by atoms with van der Waals surface area (Å²) in [4.78, 5) is 17.6. The molecule has 5 heterocycles. The van der Waals surface area contributed by atoms with Gasteiger partial charge in [-0.2, -0.15) is 5.26 Å². The van der Waals surface area contributed by atoms with Gasteiger partial charge in [0.25, 0.3) is 0 Å². The van der Waals surface area contributed by atoms with Crippen molar-refractivity contribution in [3.05, 3.63) is 59.9 Å². The lowest BCUT2D eigenvalue weighted by atomic mass is 9.79. The van der Waals surface area contributed by atoms with Crippen LogP contribution in [0.25, 0.3) is 6.08 Å². The number of fused-ring (bicyclic) bond motifs is 9. The van der Waals surface area contributed by atoms with E-state index in [4.69, 9.17) is 28.1 Å². The molecular formula is C31H38N2O7. The summed E-state index contributed by atoms with van der Waals surface area (Å²) in [5.74, 6) is -0.214. The van der Waals surface area contributed by atoms with Crippen LogP contribution in [0.2, 0.25) is 0 Å². The van der Waals surface area contributed by atoms with Crippen molar-refractivity contribution in [2.75, 3.05) is 6.61 Å². The monoisotopic (exact) mass is 550 g/mol. The van der Waals surface area contributed by atoms with Crippen molar-refractivity contribution in [1.82, 2.24) is 4.98 Å². The molecule has 40 heavy (non-hydrogen) atoms. The fourth-order valence-electron chi connectivity index (χ4n) is 6.13. The predicted octanol–water partition coefficient (Wildman–Crippen LogP) is 5.37. The van der Waals surface area contributed by atoms with Crippen molar-refractivity contribution in [3.63, 3.8) is 0 Å². The fraction of sp³-hybridized carbons (Fsp3) is 0.581. The van der Waals surface area contributed by atoms with E-state index < -0.39 is 18.4 Å². The third-order valence-corrected chi connectivity index (χ3v) is 8.20. The van der Waals surface area contributed by atoms with Gasteiger partial charge in [-0.1, -0.05) is 32.1 Å². The highest BCUT2D eigenvalue weighted by Gasteiger charge is 2.43. The summed E-state index contributed by atoms with van der Waals surface area (Å²) in [5, 5.41) is 9.24. The van der Waals surface area contributed by atoms with E-state index in [0.717, 1.165) is 24.0 Å². The third kappa shape index (κ3) is 6.64. The topological polar surface area (TPSA) is 113 Å². The molecule has 4 aliphatic rings. The highest BCUT2D eigenvalue weighted by molar-refractivity contribution is 5.82. The van der Waals surface area contributed by atoms with Gasteiger partial charge in [0, 0.05) is 30.4 Å². The van der Waals surface area contributed by atoms with Crippen LogP contribution in [0.15, 0.2) is 52.7 Å². The highest BCUT2D eigenvalue weighted by atomic mass is 16.7. The number of carbonyl (C=O) groups excluding carboxylic acids is 1. The van der Waals surface area contributed by atoms with Gasteiger partial charge in [0.2, 0.25) is 12.2 Å². The summed E-state index contributed by atoms with van der Waals surface area (Å²) in [5.41, 5.74) is 2.47. The van der Waals surface area contributed by atoms with Crippen LogP contribution in [0.1, 0.15) is 70.7 Å². The lowest BCUT2D eigenvalue weighted by Crippen LogP contribution is -2.50. The number of oxazole rings is 1. The maximum Gasteiger partial charge on any atom is 0.330 e. The average Bonchev–Trinajstić information content (AvgIpc) is 3.40. The molecule has 0 radical (unpaired) electrons. The van der Waals surface area contributed by atoms with E-state index in [-0.39, 0.29) is 42.4 Å². The van der Waals surface area contributed by atoms with E-state index in [2.05, 4.69) is 17.6 Å². The Morgan fingerprint density at radius 2 is 2.00 bits per heavy atom. The second-order valence-electron chi connectivity index (χ2n) is 11.3. The Balaban J connectivity index is 1.43. The standard InChI is InChI=1S/C31H38N2O7/c1-18-14-22-8-9-28(34)40-30-20(3)26(39-29(21(30)4)19(2)10-12-32)6-5-7-27-33-25(17-36-27)31-35-13-11-23(38-31)16-24(15-18)37-22/h5,7-10,17,20-24,26,29-31H,1,6,11,13-16H2,2-4H3/b7-5+,9-8+,19-10+. The summed E-state index contributed by atoms with van der Waals surface area (Å²) in [6.45, 7) is 10.7. The largest absolute Gasteiger partial charge is 0.458 e. The number of nitrogens with zero attached hydrogens (tertiary/aromatic N) is 2. The first-order valence-corrected chi connectivity index (χ1v) is 14.1. The molecule has 9 atom stereocenters. The van der Waals surface area contributed by atoms with Crippen LogP contribution in [0, 0.1) is 23.2 Å². The van der Waals surface area contributed by atoms with Crippen LogP contribution in [-0.2, 0) is 28.5 Å². The van der Waals surface area contributed by atoms with Gasteiger partial charge in [0.05, 0.1) is 43.2 Å². The van der Waals surface area contributed by atoms with Gasteiger partial charge in [-0.3, -0.25) is 0 Å². The zero-order chi connectivity index (χ0) is 28.2. The van der Waals surface area contributed by atoms with Crippen molar-refractivity contribution in [1.29, 1.82) is 5.26 Å². The first-order valence-electron chi connectivity index (χ1n) is 14.1. The fourth-order valence-corrected chi connectivity index (χ4v) is 6.13. The Hall–Kier alpha value is -3.03. The number of nitriles is 1. The number of carbonyl (C=O) groups is 1. The summed E-state index contributed by atoms with van der Waals surface area (Å²) in [6.07, 6.45) is 11.4. The predicted molar refractivity (Wildman–Crippen MR) is 145 cm³/mol. The van der Waals surface area contributed by atoms with E-state index in [9.17, 15) is 10.1 Å². The number of aromatic nitrogens is 1. The van der Waals surface area contributed by atoms with Crippen molar-refractivity contribution < 1.29 is 32.9 Å². The molecule has 5 rings (SSSR count). The first kappa shape index (κ1) is 28.5. The SMILES string of the molecule is C=C1CC2/C=C/C(=O)OC3C(C)C(C/C=C/c4nc(co4)C4OCCC(CC(C1)O2)O4)OC(/C(C)=C/C#N)C3C. The number of hydrogen-bond acceptors (Lipinski definition) is 9. The van der Waals surface area contributed by atoms with Crippen molar-refractivity contribution >= 4 is 12.0 Å². The van der Waals surface area contributed by atoms with Crippen LogP contribution in [0.3, 0.4) is 0 Å². The molecule has 0 N–H and O–H groups in total. The minimum Gasteiger partial charge on any atom is -0.458 e. The molecule has 1 aromatic rings. The molecule has 1 aromatic heterocycles. The molecule has 8 bridgehead atoms. The number of ether oxygens (including phenoxy) is 5. The number of rotatable bonds is 1. The van der Waals surface area contributed by atoms with Gasteiger partial charge in [0.1, 0.15) is 18.1 Å². The molecule has 9 unspecified atom stereocenters. The minimum absolute atomic E-state index is 0.0588. The lowest BCUT2D eigenvalue weighted by Gasteiger charge is -2.44. The molecule has 0 aromatic carbocycles. The van der Waals surface area contributed by atoms with E-state index in [1.54, 1.807) is 18.4 Å². The molecule has 0 amide bonds. The van der Waals surface area contributed by atoms with E-state index in [1.165, 1.54) is 12.2 Å². The Morgan fingerprint density at radius 3 is 2.83 bits per heavy atom.